The van der Waals surface area contributed by atoms with E-state index in [1.54, 1.807) is 17.5 Å². The Balaban J connectivity index is 1.23. The summed E-state index contributed by atoms with van der Waals surface area (Å²) in [6, 6.07) is 9.08. The molecule has 4 aliphatic heterocycles. The molecule has 0 bridgehead atoms. The summed E-state index contributed by atoms with van der Waals surface area (Å²) in [6.07, 6.45) is -10.7. The van der Waals surface area contributed by atoms with E-state index in [0.29, 0.717) is 4.88 Å². The van der Waals surface area contributed by atoms with Gasteiger partial charge in [-0.25, -0.2) is 0 Å². The quantitative estimate of drug-likeness (QED) is 0.332. The summed E-state index contributed by atoms with van der Waals surface area (Å²) in [5, 5.41) is 35.1. The molecule has 3 N–H and O–H groups in total. The van der Waals surface area contributed by atoms with E-state index in [2.05, 4.69) is 0 Å². The maximum Gasteiger partial charge on any atom is 0.310 e. The van der Waals surface area contributed by atoms with Crippen molar-refractivity contribution < 1.29 is 68.2 Å². The molecule has 14 heteroatoms. The number of hydrogen-bond donors (Lipinski definition) is 3. The number of methoxy groups -OCH3 is 2. The number of fused-ring (bicyclic) bond motifs is 4. The molecule has 5 aliphatic rings. The molecule has 1 aliphatic carbocycles. The normalized spacial score (nSPS) is 39.9. The van der Waals surface area contributed by atoms with Crippen LogP contribution in [0.1, 0.15) is 45.3 Å². The molecule has 10 atom stereocenters. The van der Waals surface area contributed by atoms with Crippen molar-refractivity contribution in [3.8, 4) is 28.7 Å². The van der Waals surface area contributed by atoms with Crippen LogP contribution in [0.2, 0.25) is 0 Å². The first-order valence-electron chi connectivity index (χ1n) is 16.4. The smallest absolute Gasteiger partial charge is 0.310 e. The predicted octanol–water partition coefficient (Wildman–Crippen LogP) is 2.75. The maximum absolute atomic E-state index is 13.7. The van der Waals surface area contributed by atoms with Crippen LogP contribution in [-0.4, -0.2) is 86.2 Å². The molecule has 3 aromatic rings. The number of benzene rings is 2. The van der Waals surface area contributed by atoms with Crippen LogP contribution >= 0.6 is 11.3 Å². The number of thiophene rings is 1. The highest BCUT2D eigenvalue weighted by atomic mass is 32.1. The van der Waals surface area contributed by atoms with Crippen molar-refractivity contribution in [2.75, 3.05) is 34.2 Å². The number of aliphatic hydroxyl groups is 2. The molecule has 13 nitrogen and oxygen atoms in total. The van der Waals surface area contributed by atoms with Gasteiger partial charge in [0, 0.05) is 14.6 Å². The summed E-state index contributed by atoms with van der Waals surface area (Å²) in [5.41, 5.74) is 0.346. The standard InChI is InChI=1S/C32H32O13S/c1-37-19-6-13(7-20(38-2)25(19)33)23-14-8-17-18(42-12-41-17)9-15(14)28(16-10-39-30(36)24(16)23)44-32-27(35)26(34)29-21(43-32)11-40-31(45-29)22-4-3-5-46-22/h3-9,16,21,23-24,26-29,31-35H,10-12H2,1-2H3/t16-,21+,23+,24-,26+,27+,28+,29+,31+,32-/m0/s1/i11D2,23D,24D. The van der Waals surface area contributed by atoms with Gasteiger partial charge in [0.1, 0.15) is 24.4 Å². The Morgan fingerprint density at radius 2 is 1.74 bits per heavy atom. The number of carbonyl (C=O) groups is 1. The van der Waals surface area contributed by atoms with Crippen molar-refractivity contribution >= 4 is 17.3 Å². The zero-order chi connectivity index (χ0) is 35.3. The lowest BCUT2D eigenvalue weighted by molar-refractivity contribution is -0.368. The van der Waals surface area contributed by atoms with Crippen LogP contribution < -0.4 is 18.9 Å². The van der Waals surface area contributed by atoms with Crippen LogP contribution in [0.25, 0.3) is 0 Å². The van der Waals surface area contributed by atoms with E-state index in [-0.39, 0.29) is 58.8 Å². The first kappa shape index (κ1) is 25.5. The van der Waals surface area contributed by atoms with E-state index in [1.165, 1.54) is 49.8 Å². The molecule has 0 amide bonds. The predicted molar refractivity (Wildman–Crippen MR) is 156 cm³/mol. The van der Waals surface area contributed by atoms with Crippen molar-refractivity contribution in [1.82, 2.24) is 0 Å². The van der Waals surface area contributed by atoms with Gasteiger partial charge in [0.15, 0.2) is 35.6 Å². The average molecular weight is 661 g/mol. The highest BCUT2D eigenvalue weighted by Gasteiger charge is 2.56. The summed E-state index contributed by atoms with van der Waals surface area (Å²) in [5.74, 6) is -7.00. The molecule has 3 fully saturated rings. The molecular weight excluding hydrogens is 624 g/mol. The van der Waals surface area contributed by atoms with Crippen molar-refractivity contribution in [2.45, 2.75) is 49.0 Å². The number of carbonyl (C=O) groups excluding carboxylic acids is 1. The number of ether oxygens (including phenoxy) is 9. The van der Waals surface area contributed by atoms with Gasteiger partial charge in [-0.3, -0.25) is 4.79 Å². The number of cyclic esters (lactones) is 1. The molecule has 0 spiro atoms. The van der Waals surface area contributed by atoms with E-state index < -0.39 is 73.3 Å². The summed E-state index contributed by atoms with van der Waals surface area (Å²) in [6.45, 7) is -3.05. The molecule has 2 aromatic carbocycles. The topological polar surface area (TPSA) is 161 Å². The molecule has 8 rings (SSSR count). The molecule has 5 heterocycles. The number of phenols is 1. The van der Waals surface area contributed by atoms with Crippen LogP contribution in [-0.2, 0) is 28.5 Å². The first-order chi connectivity index (χ1) is 23.8. The van der Waals surface area contributed by atoms with E-state index >= 15 is 0 Å². The molecule has 244 valence electrons. The van der Waals surface area contributed by atoms with Crippen molar-refractivity contribution in [2.24, 2.45) is 11.8 Å². The van der Waals surface area contributed by atoms with Gasteiger partial charge >= 0.3 is 5.97 Å². The number of rotatable bonds is 6. The Kier molecular flexibility index (Phi) is 6.40. The van der Waals surface area contributed by atoms with Gasteiger partial charge < -0.3 is 58.0 Å². The zero-order valence-electron chi connectivity index (χ0n) is 28.4. The molecule has 0 saturated carbocycles. The highest BCUT2D eigenvalue weighted by Crippen LogP contribution is 2.57. The number of esters is 1. The zero-order valence-corrected chi connectivity index (χ0v) is 25.2. The van der Waals surface area contributed by atoms with Gasteiger partial charge in [0.2, 0.25) is 12.5 Å². The maximum atomic E-state index is 13.7. The van der Waals surface area contributed by atoms with Gasteiger partial charge in [-0.15, -0.1) is 11.3 Å². The summed E-state index contributed by atoms with van der Waals surface area (Å²) in [4.78, 5) is 14.3. The molecule has 46 heavy (non-hydrogen) atoms. The lowest BCUT2D eigenvalue weighted by Gasteiger charge is -2.48. The third-order valence-corrected chi connectivity index (χ3v) is 9.58. The highest BCUT2D eigenvalue weighted by molar-refractivity contribution is 7.10. The second-order valence-electron chi connectivity index (χ2n) is 11.2. The van der Waals surface area contributed by atoms with Gasteiger partial charge in [0.05, 0.1) is 47.0 Å². The molecule has 1 aromatic heterocycles. The minimum absolute atomic E-state index is 0.0404. The third-order valence-electron chi connectivity index (χ3n) is 8.68. The van der Waals surface area contributed by atoms with Crippen LogP contribution in [0.5, 0.6) is 28.7 Å². The summed E-state index contributed by atoms with van der Waals surface area (Å²) in [7, 11) is 2.60. The largest absolute Gasteiger partial charge is 0.502 e. The molecule has 3 saturated heterocycles. The van der Waals surface area contributed by atoms with Crippen LogP contribution in [0.15, 0.2) is 41.8 Å². The van der Waals surface area contributed by atoms with Gasteiger partial charge in [-0.05, 0) is 52.4 Å². The minimum atomic E-state index is -2.52. The molecular formula is C32H32O13S. The monoisotopic (exact) mass is 660 g/mol. The fourth-order valence-electron chi connectivity index (χ4n) is 6.48. The van der Waals surface area contributed by atoms with E-state index in [1.807, 2.05) is 0 Å². The first-order valence-corrected chi connectivity index (χ1v) is 15.3. The average Bonchev–Trinajstić information content (AvgIpc) is 3.86. The number of aliphatic hydroxyl groups excluding tert-OH is 2. The molecule has 0 unspecified atom stereocenters. The van der Waals surface area contributed by atoms with Gasteiger partial charge in [-0.2, -0.15) is 0 Å². The molecule has 0 radical (unpaired) electrons. The Bertz CT molecular complexity index is 1800. The Hall–Kier alpha value is -3.63. The third kappa shape index (κ3) is 4.70. The van der Waals surface area contributed by atoms with Gasteiger partial charge in [0.25, 0.3) is 0 Å². The van der Waals surface area contributed by atoms with Crippen molar-refractivity contribution in [3.63, 3.8) is 0 Å². The van der Waals surface area contributed by atoms with Crippen molar-refractivity contribution in [3.05, 3.63) is 63.3 Å². The number of hydrogen-bond acceptors (Lipinski definition) is 14. The van der Waals surface area contributed by atoms with E-state index in [0.717, 1.165) is 0 Å². The number of aromatic hydroxyl groups is 1. The Labute approximate surface area is 272 Å². The minimum Gasteiger partial charge on any atom is -0.502 e. The number of phenolic OH excluding ortho intramolecular Hbond substituents is 1. The lowest BCUT2D eigenvalue weighted by Crippen LogP contribution is -2.62. The van der Waals surface area contributed by atoms with Crippen LogP contribution in [0.4, 0.5) is 0 Å². The van der Waals surface area contributed by atoms with E-state index in [9.17, 15) is 22.9 Å². The fourth-order valence-corrected chi connectivity index (χ4v) is 7.17. The van der Waals surface area contributed by atoms with E-state index in [4.69, 9.17) is 45.4 Å². The summed E-state index contributed by atoms with van der Waals surface area (Å²) >= 11 is 1.26. The van der Waals surface area contributed by atoms with Gasteiger partial charge in [-0.1, -0.05) is 6.07 Å². The SMILES string of the molecule is [2H]C1([2H])O[C@@H](c2cccs2)O[C@H]2[C@H](O)[C@@H](O)[C@H](O[C@@H]3c4cc5c(cc4[C@@]([2H])(c4cc(OC)c(O)c(OC)c4)[C@@]4([2H])C(=O)OC[C@H]34)OCO5)O[C@@H]21. The van der Waals surface area contributed by atoms with Crippen molar-refractivity contribution in [1.29, 1.82) is 0 Å². The fraction of sp³-hybridized carbons (Fsp3) is 0.469. The second-order valence-corrected chi connectivity index (χ2v) is 12.1. The lowest BCUT2D eigenvalue weighted by atomic mass is 9.66. The van der Waals surface area contributed by atoms with Crippen LogP contribution in [0, 0.1) is 11.8 Å². The second kappa shape index (κ2) is 11.6. The van der Waals surface area contributed by atoms with Crippen LogP contribution in [0.3, 0.4) is 0 Å². The summed E-state index contributed by atoms with van der Waals surface area (Å²) < 4.78 is 88.5. The Morgan fingerprint density at radius 1 is 1.00 bits per heavy atom. The Morgan fingerprint density at radius 3 is 2.43 bits per heavy atom.